The summed E-state index contributed by atoms with van der Waals surface area (Å²) in [6.45, 7) is -0.0623. The van der Waals surface area contributed by atoms with Gasteiger partial charge in [-0.1, -0.05) is 54.6 Å². The molecule has 0 aliphatic carbocycles. The number of fused-ring (bicyclic) bond motifs is 2. The summed E-state index contributed by atoms with van der Waals surface area (Å²) in [4.78, 5) is 20.3. The van der Waals surface area contributed by atoms with Crippen molar-refractivity contribution in [2.45, 2.75) is 0 Å². The first-order valence-electron chi connectivity index (χ1n) is 9.71. The molecule has 0 aliphatic rings. The van der Waals surface area contributed by atoms with Crippen LogP contribution in [0.2, 0.25) is 0 Å². The van der Waals surface area contributed by atoms with Crippen molar-refractivity contribution < 1.29 is 9.53 Å². The van der Waals surface area contributed by atoms with Gasteiger partial charge in [0.1, 0.15) is 11.6 Å². The van der Waals surface area contributed by atoms with E-state index in [0.29, 0.717) is 11.4 Å². The lowest BCUT2D eigenvalue weighted by Crippen LogP contribution is -2.20. The predicted octanol–water partition coefficient (Wildman–Crippen LogP) is 5.40. The second-order valence-corrected chi connectivity index (χ2v) is 7.03. The Hall–Kier alpha value is -4.12. The van der Waals surface area contributed by atoms with Gasteiger partial charge in [-0.3, -0.25) is 4.79 Å². The molecule has 5 nitrogen and oxygen atoms in total. The van der Waals surface area contributed by atoms with Gasteiger partial charge in [-0.25, -0.2) is 4.98 Å². The van der Waals surface area contributed by atoms with Gasteiger partial charge in [-0.2, -0.15) is 0 Å². The van der Waals surface area contributed by atoms with E-state index >= 15 is 0 Å². The first-order chi connectivity index (χ1) is 14.7. The average Bonchev–Trinajstić information content (AvgIpc) is 3.22. The highest BCUT2D eigenvalue weighted by molar-refractivity contribution is 5.93. The van der Waals surface area contributed by atoms with Crippen molar-refractivity contribution in [1.29, 1.82) is 0 Å². The number of hydrogen-bond donors (Lipinski definition) is 2. The van der Waals surface area contributed by atoms with Crippen LogP contribution < -0.4 is 10.1 Å². The third-order valence-electron chi connectivity index (χ3n) is 4.90. The second kappa shape index (κ2) is 7.72. The molecule has 5 heteroatoms. The number of ether oxygens (including phenoxy) is 1. The van der Waals surface area contributed by atoms with Gasteiger partial charge in [0.2, 0.25) is 0 Å². The van der Waals surface area contributed by atoms with E-state index in [-0.39, 0.29) is 12.5 Å². The van der Waals surface area contributed by atoms with Crippen molar-refractivity contribution in [3.8, 4) is 17.1 Å². The predicted molar refractivity (Wildman–Crippen MR) is 120 cm³/mol. The number of rotatable bonds is 5. The highest BCUT2D eigenvalue weighted by atomic mass is 16.5. The van der Waals surface area contributed by atoms with Crippen LogP contribution in [0.4, 0.5) is 5.69 Å². The van der Waals surface area contributed by atoms with Crippen LogP contribution in [0.3, 0.4) is 0 Å². The Kier molecular flexibility index (Phi) is 4.62. The lowest BCUT2D eigenvalue weighted by Gasteiger charge is -2.09. The van der Waals surface area contributed by atoms with E-state index in [1.165, 1.54) is 0 Å². The molecule has 0 saturated carbocycles. The van der Waals surface area contributed by atoms with Crippen LogP contribution >= 0.6 is 0 Å². The van der Waals surface area contributed by atoms with E-state index in [0.717, 1.165) is 33.2 Å². The summed E-state index contributed by atoms with van der Waals surface area (Å²) in [5.41, 5.74) is 3.48. The summed E-state index contributed by atoms with van der Waals surface area (Å²) in [5, 5.41) is 5.10. The molecule has 1 heterocycles. The van der Waals surface area contributed by atoms with E-state index in [9.17, 15) is 4.79 Å². The van der Waals surface area contributed by atoms with Crippen molar-refractivity contribution in [2.24, 2.45) is 0 Å². The Labute approximate surface area is 173 Å². The SMILES string of the molecule is O=C(COc1ccc2ccccc2c1)Nc1cccc(-c2nc3ccccc3[nH]2)c1. The molecular weight excluding hydrogens is 374 g/mol. The van der Waals surface area contributed by atoms with Gasteiger partial charge < -0.3 is 15.0 Å². The molecule has 0 aliphatic heterocycles. The quantitative estimate of drug-likeness (QED) is 0.420. The fourth-order valence-electron chi connectivity index (χ4n) is 3.44. The number of aromatic amines is 1. The Morgan fingerprint density at radius 2 is 1.70 bits per heavy atom. The summed E-state index contributed by atoms with van der Waals surface area (Å²) < 4.78 is 5.67. The molecular formula is C25H19N3O2. The molecule has 0 spiro atoms. The minimum atomic E-state index is -0.218. The zero-order valence-corrected chi connectivity index (χ0v) is 16.1. The monoisotopic (exact) mass is 393 g/mol. The zero-order valence-electron chi connectivity index (χ0n) is 16.1. The summed E-state index contributed by atoms with van der Waals surface area (Å²) in [7, 11) is 0. The summed E-state index contributed by atoms with van der Waals surface area (Å²) in [6, 6.07) is 29.3. The number of imidazole rings is 1. The number of amides is 1. The maximum atomic E-state index is 12.4. The molecule has 5 aromatic rings. The largest absolute Gasteiger partial charge is 0.484 e. The molecule has 146 valence electrons. The van der Waals surface area contributed by atoms with Crippen molar-refractivity contribution in [3.05, 3.63) is 91.0 Å². The first-order valence-corrected chi connectivity index (χ1v) is 9.71. The Morgan fingerprint density at radius 3 is 2.60 bits per heavy atom. The van der Waals surface area contributed by atoms with Crippen LogP contribution in [0.1, 0.15) is 0 Å². The number of nitrogens with zero attached hydrogens (tertiary/aromatic N) is 1. The van der Waals surface area contributed by atoms with Crippen LogP contribution in [-0.4, -0.2) is 22.5 Å². The highest BCUT2D eigenvalue weighted by Crippen LogP contribution is 2.23. The van der Waals surface area contributed by atoms with Crippen LogP contribution in [-0.2, 0) is 4.79 Å². The van der Waals surface area contributed by atoms with Crippen LogP contribution in [0, 0.1) is 0 Å². The van der Waals surface area contributed by atoms with Crippen molar-refractivity contribution in [1.82, 2.24) is 9.97 Å². The molecule has 1 amide bonds. The van der Waals surface area contributed by atoms with Gasteiger partial charge in [0, 0.05) is 11.3 Å². The van der Waals surface area contributed by atoms with Gasteiger partial charge in [-0.15, -0.1) is 0 Å². The standard InChI is InChI=1S/C25H19N3O2/c29-24(16-30-21-13-12-17-6-1-2-7-18(17)15-21)26-20-9-5-8-19(14-20)25-27-22-10-3-4-11-23(22)28-25/h1-15H,16H2,(H,26,29)(H,27,28). The molecule has 30 heavy (non-hydrogen) atoms. The minimum absolute atomic E-state index is 0.0623. The number of aromatic nitrogens is 2. The minimum Gasteiger partial charge on any atom is -0.484 e. The molecule has 0 saturated heterocycles. The number of hydrogen-bond acceptors (Lipinski definition) is 3. The summed E-state index contributed by atoms with van der Waals surface area (Å²) in [5.74, 6) is 1.21. The van der Waals surface area contributed by atoms with Crippen molar-refractivity contribution >= 4 is 33.4 Å². The number of benzene rings is 4. The van der Waals surface area contributed by atoms with E-state index in [1.54, 1.807) is 0 Å². The zero-order chi connectivity index (χ0) is 20.3. The Bertz CT molecular complexity index is 1320. The number of carbonyl (C=O) groups is 1. The molecule has 5 rings (SSSR count). The lowest BCUT2D eigenvalue weighted by molar-refractivity contribution is -0.118. The van der Waals surface area contributed by atoms with Crippen molar-refractivity contribution in [3.63, 3.8) is 0 Å². The van der Waals surface area contributed by atoms with Crippen LogP contribution in [0.15, 0.2) is 91.0 Å². The van der Waals surface area contributed by atoms with Gasteiger partial charge >= 0.3 is 0 Å². The highest BCUT2D eigenvalue weighted by Gasteiger charge is 2.08. The number of anilines is 1. The molecule has 0 bridgehead atoms. The third kappa shape index (κ3) is 3.73. The fourth-order valence-corrected chi connectivity index (χ4v) is 3.44. The third-order valence-corrected chi connectivity index (χ3v) is 4.90. The summed E-state index contributed by atoms with van der Waals surface area (Å²) in [6.07, 6.45) is 0. The number of carbonyl (C=O) groups excluding carboxylic acids is 1. The lowest BCUT2D eigenvalue weighted by atomic mass is 10.1. The second-order valence-electron chi connectivity index (χ2n) is 7.03. The van der Waals surface area contributed by atoms with Gasteiger partial charge in [-0.05, 0) is 47.2 Å². The average molecular weight is 393 g/mol. The number of nitrogens with one attached hydrogen (secondary N) is 2. The molecule has 0 fully saturated rings. The van der Waals surface area contributed by atoms with E-state index in [1.807, 2.05) is 91.0 Å². The molecule has 0 unspecified atom stereocenters. The first kappa shape index (κ1) is 17.9. The summed E-state index contributed by atoms with van der Waals surface area (Å²) >= 11 is 0. The molecule has 2 N–H and O–H groups in total. The van der Waals surface area contributed by atoms with E-state index in [2.05, 4.69) is 15.3 Å². The molecule has 4 aromatic carbocycles. The van der Waals surface area contributed by atoms with Crippen LogP contribution in [0.25, 0.3) is 33.2 Å². The normalized spacial score (nSPS) is 10.9. The van der Waals surface area contributed by atoms with Crippen molar-refractivity contribution in [2.75, 3.05) is 11.9 Å². The smallest absolute Gasteiger partial charge is 0.262 e. The van der Waals surface area contributed by atoms with Gasteiger partial charge in [0.05, 0.1) is 11.0 Å². The number of H-pyrrole nitrogens is 1. The topological polar surface area (TPSA) is 67.0 Å². The van der Waals surface area contributed by atoms with Gasteiger partial charge in [0.25, 0.3) is 5.91 Å². The van der Waals surface area contributed by atoms with E-state index in [4.69, 9.17) is 4.74 Å². The molecule has 1 aromatic heterocycles. The Morgan fingerprint density at radius 1 is 0.867 bits per heavy atom. The van der Waals surface area contributed by atoms with Crippen LogP contribution in [0.5, 0.6) is 5.75 Å². The van der Waals surface area contributed by atoms with E-state index < -0.39 is 0 Å². The fraction of sp³-hybridized carbons (Fsp3) is 0.0400. The Balaban J connectivity index is 1.27. The van der Waals surface area contributed by atoms with Gasteiger partial charge in [0.15, 0.2) is 6.61 Å². The molecule has 0 radical (unpaired) electrons. The molecule has 0 atom stereocenters. The number of para-hydroxylation sites is 2. The maximum absolute atomic E-state index is 12.4. The maximum Gasteiger partial charge on any atom is 0.262 e.